The predicted octanol–water partition coefficient (Wildman–Crippen LogP) is 7.38. The smallest absolute Gasteiger partial charge is 0.112 e. The lowest BCUT2D eigenvalue weighted by atomic mass is 10.2. The molecule has 0 spiro atoms. The van der Waals surface area contributed by atoms with Crippen LogP contribution in [0.5, 0.6) is 0 Å². The third-order valence-corrected chi connectivity index (χ3v) is 7.65. The number of hydrogen-bond donors (Lipinski definition) is 1. The molecule has 0 saturated heterocycles. The van der Waals surface area contributed by atoms with E-state index in [9.17, 15) is 5.11 Å². The molecule has 2 aliphatic heterocycles. The normalized spacial score (nSPS) is 15.0. The van der Waals surface area contributed by atoms with Crippen molar-refractivity contribution in [3.05, 3.63) is 68.1 Å². The number of hydrogen-bond acceptors (Lipinski definition) is 5. The molecule has 0 bridgehead atoms. The van der Waals surface area contributed by atoms with Gasteiger partial charge >= 0.3 is 0 Å². The van der Waals surface area contributed by atoms with Gasteiger partial charge in [-0.2, -0.15) is 0 Å². The van der Waals surface area contributed by atoms with Crippen LogP contribution in [0.4, 0.5) is 22.7 Å². The van der Waals surface area contributed by atoms with Crippen LogP contribution in [-0.4, -0.2) is 37.4 Å². The van der Waals surface area contributed by atoms with Gasteiger partial charge in [-0.25, -0.2) is 0 Å². The number of benzene rings is 2. The van der Waals surface area contributed by atoms with Crippen LogP contribution in [-0.2, 0) is 0 Å². The summed E-state index contributed by atoms with van der Waals surface area (Å²) >= 11 is 25.3. The topological polar surface area (TPSA) is 33.2 Å². The molecule has 2 aromatic rings. The Morgan fingerprint density at radius 3 is 1.03 bits per heavy atom. The van der Waals surface area contributed by atoms with E-state index in [4.69, 9.17) is 46.4 Å². The highest BCUT2D eigenvalue weighted by atomic mass is 35.5. The molecule has 0 fully saturated rings. The largest absolute Gasteiger partial charge is 0.385 e. The van der Waals surface area contributed by atoms with Crippen LogP contribution in [0.2, 0.25) is 20.1 Å². The fourth-order valence-corrected chi connectivity index (χ4v) is 5.38. The zero-order valence-electron chi connectivity index (χ0n) is 19.6. The Bertz CT molecular complexity index is 999. The molecule has 1 N–H and O–H groups in total. The molecular formula is C25H28Cl4N4O. The summed E-state index contributed by atoms with van der Waals surface area (Å²) in [4.78, 5) is 8.56. The monoisotopic (exact) mass is 540 g/mol. The number of anilines is 4. The van der Waals surface area contributed by atoms with Gasteiger partial charge in [-0.3, -0.25) is 0 Å². The number of rotatable bonds is 6. The molecule has 2 aromatic carbocycles. The Labute approximate surface area is 221 Å². The van der Waals surface area contributed by atoms with Gasteiger partial charge in [0.05, 0.1) is 48.9 Å². The Hall–Kier alpha value is -1.76. The Kier molecular flexibility index (Phi) is 7.51. The van der Waals surface area contributed by atoms with Crippen LogP contribution in [0, 0.1) is 0 Å². The Morgan fingerprint density at radius 1 is 0.588 bits per heavy atom. The fourth-order valence-electron chi connectivity index (χ4n) is 4.74. The lowest BCUT2D eigenvalue weighted by molar-refractivity contribution is 0.269. The van der Waals surface area contributed by atoms with Crippen molar-refractivity contribution in [1.82, 2.24) is 0 Å². The van der Waals surface area contributed by atoms with E-state index in [0.717, 1.165) is 60.6 Å². The molecule has 2 aliphatic rings. The van der Waals surface area contributed by atoms with Gasteiger partial charge in [-0.15, -0.1) is 0 Å². The molecule has 182 valence electrons. The lowest BCUT2D eigenvalue weighted by Gasteiger charge is -2.26. The highest BCUT2D eigenvalue weighted by molar-refractivity contribution is 6.43. The maximum absolute atomic E-state index is 11.2. The Balaban J connectivity index is 1.74. The lowest BCUT2D eigenvalue weighted by Crippen LogP contribution is -2.31. The molecule has 2 heterocycles. The van der Waals surface area contributed by atoms with E-state index in [1.165, 1.54) is 0 Å². The summed E-state index contributed by atoms with van der Waals surface area (Å²) in [5.41, 5.74) is 3.92. The molecule has 5 nitrogen and oxygen atoms in total. The molecule has 0 atom stereocenters. The minimum absolute atomic E-state index is 0.511. The van der Waals surface area contributed by atoms with E-state index in [2.05, 4.69) is 47.3 Å². The van der Waals surface area contributed by atoms with Crippen LogP contribution in [0.15, 0.2) is 48.1 Å². The van der Waals surface area contributed by atoms with Crippen molar-refractivity contribution in [3.8, 4) is 0 Å². The third-order valence-electron chi connectivity index (χ3n) is 6.21. The summed E-state index contributed by atoms with van der Waals surface area (Å²) < 4.78 is 0. The van der Waals surface area contributed by atoms with E-state index in [1.54, 1.807) is 0 Å². The van der Waals surface area contributed by atoms with Crippen molar-refractivity contribution in [2.45, 2.75) is 33.8 Å². The van der Waals surface area contributed by atoms with Gasteiger partial charge in [0.15, 0.2) is 0 Å². The number of nitrogens with zero attached hydrogens (tertiary/aromatic N) is 4. The van der Waals surface area contributed by atoms with Gasteiger partial charge in [0.1, 0.15) is 11.6 Å². The summed E-state index contributed by atoms with van der Waals surface area (Å²) in [5, 5.41) is 13.3. The quantitative estimate of drug-likeness (QED) is 0.412. The predicted molar refractivity (Wildman–Crippen MR) is 147 cm³/mol. The van der Waals surface area contributed by atoms with Gasteiger partial charge in [0.25, 0.3) is 0 Å². The molecule has 0 saturated carbocycles. The second-order valence-corrected chi connectivity index (χ2v) is 9.66. The molecule has 9 heteroatoms. The highest BCUT2D eigenvalue weighted by Crippen LogP contribution is 2.47. The second-order valence-electron chi connectivity index (χ2n) is 8.03. The summed E-state index contributed by atoms with van der Waals surface area (Å²) in [6.45, 7) is 11.2. The highest BCUT2D eigenvalue weighted by Gasteiger charge is 2.33. The average Bonchev–Trinajstić information content (AvgIpc) is 3.24. The first-order valence-electron chi connectivity index (χ1n) is 11.4. The number of fused-ring (bicyclic) bond motifs is 2. The Morgan fingerprint density at radius 2 is 0.824 bits per heavy atom. The summed E-state index contributed by atoms with van der Waals surface area (Å²) in [6, 6.07) is 7.54. The zero-order chi connectivity index (χ0) is 24.7. The second kappa shape index (κ2) is 10.1. The van der Waals surface area contributed by atoms with Crippen molar-refractivity contribution in [2.24, 2.45) is 0 Å². The van der Waals surface area contributed by atoms with E-state index in [-0.39, 0.29) is 0 Å². The van der Waals surface area contributed by atoms with Gasteiger partial charge in [-0.1, -0.05) is 46.4 Å². The molecule has 34 heavy (non-hydrogen) atoms. The molecular weight excluding hydrogens is 514 g/mol. The molecule has 0 amide bonds. The van der Waals surface area contributed by atoms with Gasteiger partial charge in [0.2, 0.25) is 0 Å². The van der Waals surface area contributed by atoms with Gasteiger partial charge in [-0.05, 0) is 64.1 Å². The first kappa shape index (κ1) is 25.3. The molecule has 0 aromatic heterocycles. The average molecular weight is 542 g/mol. The number of halogens is 4. The third kappa shape index (κ3) is 4.22. The standard InChI is InChI=1S/C25H28Cl4N4O/c1-5-30-20-11-16(26)17(27)12-21(20)31(6-2)24(30)9-15(34)10-25-32(7-3)22-13-18(28)19(29)14-23(22)33(25)8-4/h9-15,34H,5-8H2,1-4H3. The van der Waals surface area contributed by atoms with E-state index in [0.29, 0.717) is 20.1 Å². The van der Waals surface area contributed by atoms with Crippen molar-refractivity contribution >= 4 is 69.2 Å². The van der Waals surface area contributed by atoms with Gasteiger partial charge < -0.3 is 24.7 Å². The SMILES string of the molecule is CCN1C(=CC(O)C=C2N(CC)c3cc(Cl)c(Cl)cc3N2CC)N(CC)c2cc(Cl)c(Cl)cc21. The van der Waals surface area contributed by atoms with Crippen LogP contribution in [0.25, 0.3) is 0 Å². The van der Waals surface area contributed by atoms with Crippen LogP contribution in [0.1, 0.15) is 27.7 Å². The van der Waals surface area contributed by atoms with E-state index < -0.39 is 6.10 Å². The molecule has 4 rings (SSSR count). The minimum atomic E-state index is -0.836. The van der Waals surface area contributed by atoms with Crippen LogP contribution >= 0.6 is 46.4 Å². The maximum Gasteiger partial charge on any atom is 0.112 e. The molecule has 0 unspecified atom stereocenters. The molecule has 0 aliphatic carbocycles. The maximum atomic E-state index is 11.2. The first-order chi connectivity index (χ1) is 16.2. The van der Waals surface area contributed by atoms with Crippen molar-refractivity contribution in [3.63, 3.8) is 0 Å². The van der Waals surface area contributed by atoms with Crippen molar-refractivity contribution in [1.29, 1.82) is 0 Å². The summed E-state index contributed by atoms with van der Waals surface area (Å²) in [5.74, 6) is 1.80. The van der Waals surface area contributed by atoms with Gasteiger partial charge in [0, 0.05) is 26.2 Å². The summed E-state index contributed by atoms with van der Waals surface area (Å²) in [7, 11) is 0. The van der Waals surface area contributed by atoms with Crippen molar-refractivity contribution in [2.75, 3.05) is 45.8 Å². The van der Waals surface area contributed by atoms with E-state index >= 15 is 0 Å². The van der Waals surface area contributed by atoms with Crippen LogP contribution < -0.4 is 19.6 Å². The molecule has 0 radical (unpaired) electrons. The fraction of sp³-hybridized carbons (Fsp3) is 0.360. The van der Waals surface area contributed by atoms with E-state index in [1.807, 2.05) is 36.4 Å². The van der Waals surface area contributed by atoms with Crippen LogP contribution in [0.3, 0.4) is 0 Å². The number of aliphatic hydroxyl groups excluding tert-OH is 1. The number of aliphatic hydroxyl groups is 1. The zero-order valence-corrected chi connectivity index (χ0v) is 22.6. The summed E-state index contributed by atoms with van der Waals surface area (Å²) in [6.07, 6.45) is 2.90. The minimum Gasteiger partial charge on any atom is -0.385 e. The van der Waals surface area contributed by atoms with Crippen molar-refractivity contribution < 1.29 is 5.11 Å². The first-order valence-corrected chi connectivity index (χ1v) is 13.0.